The zero-order chi connectivity index (χ0) is 14.6. The van der Waals surface area contributed by atoms with Gasteiger partial charge in [-0.2, -0.15) is 13.2 Å². The third kappa shape index (κ3) is 4.04. The molecule has 106 valence electrons. The number of alkyl halides is 3. The van der Waals surface area contributed by atoms with Crippen molar-refractivity contribution in [3.63, 3.8) is 0 Å². The molecule has 19 heavy (non-hydrogen) atoms. The fourth-order valence-electron chi connectivity index (χ4n) is 1.68. The van der Waals surface area contributed by atoms with Crippen LogP contribution in [0.4, 0.5) is 18.9 Å². The molecule has 0 aromatic heterocycles. The van der Waals surface area contributed by atoms with Crippen LogP contribution in [0, 0.1) is 12.8 Å². The third-order valence-electron chi connectivity index (χ3n) is 2.77. The predicted molar refractivity (Wildman–Crippen MR) is 67.4 cm³/mol. The van der Waals surface area contributed by atoms with Gasteiger partial charge in [0.05, 0.1) is 0 Å². The third-order valence-corrected chi connectivity index (χ3v) is 2.77. The van der Waals surface area contributed by atoms with Gasteiger partial charge in [-0.3, -0.25) is 0 Å². The SMILES string of the molecule is Cc1cccc(N(C)CC(/C(N)=N/O)C(F)(F)F)c1. The summed E-state index contributed by atoms with van der Waals surface area (Å²) >= 11 is 0. The largest absolute Gasteiger partial charge is 0.409 e. The van der Waals surface area contributed by atoms with Crippen LogP contribution in [-0.2, 0) is 0 Å². The Bertz CT molecular complexity index is 460. The van der Waals surface area contributed by atoms with Crippen LogP contribution in [0.5, 0.6) is 0 Å². The molecular formula is C12H16F3N3O. The van der Waals surface area contributed by atoms with Crippen molar-refractivity contribution < 1.29 is 18.4 Å². The van der Waals surface area contributed by atoms with Gasteiger partial charge in [-0.15, -0.1) is 0 Å². The number of nitrogens with two attached hydrogens (primary N) is 1. The first-order valence-corrected chi connectivity index (χ1v) is 5.57. The lowest BCUT2D eigenvalue weighted by Crippen LogP contribution is -2.43. The van der Waals surface area contributed by atoms with Crippen molar-refractivity contribution in [3.8, 4) is 0 Å². The van der Waals surface area contributed by atoms with E-state index in [2.05, 4.69) is 5.16 Å². The first-order chi connectivity index (χ1) is 8.75. The van der Waals surface area contributed by atoms with Crippen LogP contribution < -0.4 is 10.6 Å². The van der Waals surface area contributed by atoms with Crippen molar-refractivity contribution in [2.45, 2.75) is 13.1 Å². The topological polar surface area (TPSA) is 61.8 Å². The summed E-state index contributed by atoms with van der Waals surface area (Å²) in [5.41, 5.74) is 6.69. The van der Waals surface area contributed by atoms with Crippen LogP contribution in [0.3, 0.4) is 0 Å². The van der Waals surface area contributed by atoms with Crippen molar-refractivity contribution in [1.29, 1.82) is 0 Å². The fraction of sp³-hybridized carbons (Fsp3) is 0.417. The van der Waals surface area contributed by atoms with E-state index in [-0.39, 0.29) is 0 Å². The van der Waals surface area contributed by atoms with E-state index >= 15 is 0 Å². The van der Waals surface area contributed by atoms with Gasteiger partial charge in [0.25, 0.3) is 0 Å². The Morgan fingerprint density at radius 3 is 2.58 bits per heavy atom. The molecule has 0 fully saturated rings. The summed E-state index contributed by atoms with van der Waals surface area (Å²) in [6.07, 6.45) is -4.56. The van der Waals surface area contributed by atoms with E-state index in [9.17, 15) is 13.2 Å². The molecule has 7 heteroatoms. The lowest BCUT2D eigenvalue weighted by Gasteiger charge is -2.26. The minimum atomic E-state index is -4.56. The highest BCUT2D eigenvalue weighted by atomic mass is 19.4. The zero-order valence-electron chi connectivity index (χ0n) is 10.6. The lowest BCUT2D eigenvalue weighted by molar-refractivity contribution is -0.153. The highest BCUT2D eigenvalue weighted by molar-refractivity contribution is 5.83. The molecule has 0 saturated heterocycles. The Hall–Kier alpha value is -1.92. The number of rotatable bonds is 4. The van der Waals surface area contributed by atoms with Crippen LogP contribution in [0.1, 0.15) is 5.56 Å². The average Bonchev–Trinajstić information content (AvgIpc) is 2.33. The molecule has 1 aromatic carbocycles. The van der Waals surface area contributed by atoms with Gasteiger partial charge in [-0.05, 0) is 24.6 Å². The van der Waals surface area contributed by atoms with Gasteiger partial charge in [0, 0.05) is 19.3 Å². The minimum Gasteiger partial charge on any atom is -0.409 e. The van der Waals surface area contributed by atoms with E-state index in [1.807, 2.05) is 13.0 Å². The molecule has 0 bridgehead atoms. The van der Waals surface area contributed by atoms with Crippen LogP contribution in [0.2, 0.25) is 0 Å². The van der Waals surface area contributed by atoms with Crippen LogP contribution >= 0.6 is 0 Å². The summed E-state index contributed by atoms with van der Waals surface area (Å²) in [5, 5.41) is 10.9. The molecule has 0 heterocycles. The predicted octanol–water partition coefficient (Wildman–Crippen LogP) is 2.36. The molecule has 1 atom stereocenters. The first-order valence-electron chi connectivity index (χ1n) is 5.57. The molecule has 0 spiro atoms. The van der Waals surface area contributed by atoms with Gasteiger partial charge in [0.1, 0.15) is 5.92 Å². The van der Waals surface area contributed by atoms with E-state index in [0.717, 1.165) is 5.56 Å². The summed E-state index contributed by atoms with van der Waals surface area (Å²) in [4.78, 5) is 1.42. The van der Waals surface area contributed by atoms with E-state index < -0.39 is 24.5 Å². The molecule has 1 rings (SSSR count). The molecule has 4 nitrogen and oxygen atoms in total. The number of nitrogens with zero attached hydrogens (tertiary/aromatic N) is 2. The Morgan fingerprint density at radius 2 is 2.11 bits per heavy atom. The second-order valence-electron chi connectivity index (χ2n) is 4.34. The van der Waals surface area contributed by atoms with Crippen molar-refractivity contribution in [2.75, 3.05) is 18.5 Å². The standard InChI is InChI=1S/C12H16F3N3O/c1-8-4-3-5-9(6-8)18(2)7-10(11(16)17-19)12(13,14)15/h3-6,10,19H,7H2,1-2H3,(H2,16,17). The lowest BCUT2D eigenvalue weighted by atomic mass is 10.1. The first kappa shape index (κ1) is 15.1. The number of hydrogen-bond acceptors (Lipinski definition) is 3. The van der Waals surface area contributed by atoms with Gasteiger partial charge in [-0.25, -0.2) is 0 Å². The van der Waals surface area contributed by atoms with Gasteiger partial charge in [0.2, 0.25) is 0 Å². The molecule has 1 unspecified atom stereocenters. The zero-order valence-corrected chi connectivity index (χ0v) is 10.6. The Balaban J connectivity index is 2.91. The maximum atomic E-state index is 12.8. The van der Waals surface area contributed by atoms with Crippen molar-refractivity contribution >= 4 is 11.5 Å². The normalized spacial score (nSPS) is 14.3. The van der Waals surface area contributed by atoms with E-state index in [0.29, 0.717) is 5.69 Å². The number of aryl methyl sites for hydroxylation is 1. The fourth-order valence-corrected chi connectivity index (χ4v) is 1.68. The molecule has 3 N–H and O–H groups in total. The second-order valence-corrected chi connectivity index (χ2v) is 4.34. The molecule has 1 aromatic rings. The Kier molecular flexibility index (Phi) is 4.63. The number of oxime groups is 1. The average molecular weight is 275 g/mol. The molecule has 0 aliphatic carbocycles. The van der Waals surface area contributed by atoms with Crippen LogP contribution in [0.25, 0.3) is 0 Å². The number of amidine groups is 1. The summed E-state index contributed by atoms with van der Waals surface area (Å²) in [6, 6.07) is 7.07. The van der Waals surface area contributed by atoms with Gasteiger partial charge >= 0.3 is 6.18 Å². The van der Waals surface area contributed by atoms with E-state index in [4.69, 9.17) is 10.9 Å². The maximum absolute atomic E-state index is 12.8. The number of hydrogen-bond donors (Lipinski definition) is 2. The van der Waals surface area contributed by atoms with Crippen molar-refractivity contribution in [1.82, 2.24) is 0 Å². The van der Waals surface area contributed by atoms with Crippen molar-refractivity contribution in [3.05, 3.63) is 29.8 Å². The quantitative estimate of drug-likeness (QED) is 0.384. The van der Waals surface area contributed by atoms with Gasteiger partial charge < -0.3 is 15.8 Å². The summed E-state index contributed by atoms with van der Waals surface area (Å²) in [7, 11) is 1.53. The van der Waals surface area contributed by atoms with Crippen LogP contribution in [0.15, 0.2) is 29.4 Å². The summed E-state index contributed by atoms with van der Waals surface area (Å²) in [6.45, 7) is 1.44. The van der Waals surface area contributed by atoms with Gasteiger partial charge in [0.15, 0.2) is 5.84 Å². The van der Waals surface area contributed by atoms with Crippen molar-refractivity contribution in [2.24, 2.45) is 16.8 Å². The molecule has 0 aliphatic heterocycles. The Labute approximate surface area is 109 Å². The highest BCUT2D eigenvalue weighted by Crippen LogP contribution is 2.28. The smallest absolute Gasteiger partial charge is 0.400 e. The second kappa shape index (κ2) is 5.81. The Morgan fingerprint density at radius 1 is 1.47 bits per heavy atom. The minimum absolute atomic E-state index is 0.414. The highest BCUT2D eigenvalue weighted by Gasteiger charge is 2.43. The number of benzene rings is 1. The molecular weight excluding hydrogens is 259 g/mol. The molecule has 0 saturated carbocycles. The monoisotopic (exact) mass is 275 g/mol. The number of halogens is 3. The van der Waals surface area contributed by atoms with E-state index in [1.165, 1.54) is 11.9 Å². The summed E-state index contributed by atoms with van der Waals surface area (Å²) in [5.74, 6) is -2.85. The molecule has 0 amide bonds. The maximum Gasteiger partial charge on any atom is 0.400 e. The summed E-state index contributed by atoms with van der Waals surface area (Å²) < 4.78 is 38.4. The van der Waals surface area contributed by atoms with Crippen LogP contribution in [-0.4, -0.2) is 30.8 Å². The van der Waals surface area contributed by atoms with E-state index in [1.54, 1.807) is 18.2 Å². The molecule has 0 radical (unpaired) electrons. The van der Waals surface area contributed by atoms with Gasteiger partial charge in [-0.1, -0.05) is 17.3 Å². The molecule has 0 aliphatic rings. The number of anilines is 1.